The number of carbonyl (C=O) groups is 1. The first-order valence-corrected chi connectivity index (χ1v) is 6.65. The summed E-state index contributed by atoms with van der Waals surface area (Å²) in [4.78, 5) is 14.2. The van der Waals surface area contributed by atoms with Crippen molar-refractivity contribution in [1.82, 2.24) is 14.7 Å². The van der Waals surface area contributed by atoms with Crippen LogP contribution in [0.15, 0.2) is 6.07 Å². The summed E-state index contributed by atoms with van der Waals surface area (Å²) in [5.41, 5.74) is 7.06. The maximum atomic E-state index is 12.5. The van der Waals surface area contributed by atoms with Gasteiger partial charge in [-0.2, -0.15) is 5.10 Å². The minimum Gasteiger partial charge on any atom is -0.383 e. The molecule has 0 bridgehead atoms. The highest BCUT2D eigenvalue weighted by molar-refractivity contribution is 5.92. The molecule has 19 heavy (non-hydrogen) atoms. The molecule has 0 aromatic carbocycles. The number of rotatable bonds is 8. The molecule has 6 heteroatoms. The highest BCUT2D eigenvalue weighted by Crippen LogP contribution is 2.08. The Morgan fingerprint density at radius 2 is 2.26 bits per heavy atom. The van der Waals surface area contributed by atoms with Gasteiger partial charge in [0.05, 0.1) is 12.3 Å². The van der Waals surface area contributed by atoms with Crippen LogP contribution in [0.5, 0.6) is 0 Å². The number of hydrogen-bond donors (Lipinski definition) is 1. The molecule has 0 spiro atoms. The van der Waals surface area contributed by atoms with E-state index in [0.29, 0.717) is 31.9 Å². The van der Waals surface area contributed by atoms with Gasteiger partial charge in [0.15, 0.2) is 0 Å². The van der Waals surface area contributed by atoms with Crippen molar-refractivity contribution >= 4 is 5.91 Å². The third-order valence-electron chi connectivity index (χ3n) is 3.00. The number of aromatic nitrogens is 2. The van der Waals surface area contributed by atoms with Crippen molar-refractivity contribution in [2.75, 3.05) is 33.4 Å². The molecular weight excluding hydrogens is 244 g/mol. The summed E-state index contributed by atoms with van der Waals surface area (Å²) in [5.74, 6) is -0.0137. The monoisotopic (exact) mass is 268 g/mol. The standard InChI is InChI=1S/C13H24N4O2/c1-4-11-10-12(16(2)15-11)13(18)17(7-5-6-14)8-9-19-3/h10H,4-9,14H2,1-3H3. The Balaban J connectivity index is 2.80. The average Bonchev–Trinajstić information content (AvgIpc) is 2.79. The highest BCUT2D eigenvalue weighted by atomic mass is 16.5. The minimum absolute atomic E-state index is 0.0137. The molecule has 0 aliphatic rings. The van der Waals surface area contributed by atoms with Gasteiger partial charge in [0.2, 0.25) is 0 Å². The number of carbonyl (C=O) groups excluding carboxylic acids is 1. The van der Waals surface area contributed by atoms with Crippen LogP contribution in [0.3, 0.4) is 0 Å². The fraction of sp³-hybridized carbons (Fsp3) is 0.692. The Kier molecular flexibility index (Phi) is 6.52. The van der Waals surface area contributed by atoms with Gasteiger partial charge in [0.1, 0.15) is 5.69 Å². The summed E-state index contributed by atoms with van der Waals surface area (Å²) in [6.07, 6.45) is 1.61. The van der Waals surface area contributed by atoms with Crippen molar-refractivity contribution in [2.45, 2.75) is 19.8 Å². The molecule has 1 aromatic heterocycles. The molecule has 0 radical (unpaired) electrons. The molecule has 0 atom stereocenters. The van der Waals surface area contributed by atoms with E-state index < -0.39 is 0 Å². The fourth-order valence-corrected chi connectivity index (χ4v) is 1.86. The zero-order valence-electron chi connectivity index (χ0n) is 12.1. The molecule has 0 saturated heterocycles. The second-order valence-electron chi connectivity index (χ2n) is 4.43. The van der Waals surface area contributed by atoms with Gasteiger partial charge in [0.25, 0.3) is 5.91 Å². The molecule has 2 N–H and O–H groups in total. The number of nitrogens with two attached hydrogens (primary N) is 1. The van der Waals surface area contributed by atoms with Crippen LogP contribution >= 0.6 is 0 Å². The van der Waals surface area contributed by atoms with Crippen LogP contribution in [-0.4, -0.2) is 53.9 Å². The second kappa shape index (κ2) is 7.91. The van der Waals surface area contributed by atoms with Crippen molar-refractivity contribution in [3.63, 3.8) is 0 Å². The van der Waals surface area contributed by atoms with E-state index in [-0.39, 0.29) is 5.91 Å². The van der Waals surface area contributed by atoms with Gasteiger partial charge in [-0.25, -0.2) is 0 Å². The first-order valence-electron chi connectivity index (χ1n) is 6.65. The summed E-state index contributed by atoms with van der Waals surface area (Å²) in [5, 5.41) is 4.31. The molecule has 1 rings (SSSR count). The minimum atomic E-state index is -0.0137. The van der Waals surface area contributed by atoms with Gasteiger partial charge in [-0.1, -0.05) is 6.92 Å². The van der Waals surface area contributed by atoms with Crippen LogP contribution in [0.1, 0.15) is 29.5 Å². The first-order chi connectivity index (χ1) is 9.13. The number of aryl methyl sites for hydroxylation is 2. The van der Waals surface area contributed by atoms with Gasteiger partial charge < -0.3 is 15.4 Å². The Morgan fingerprint density at radius 1 is 1.53 bits per heavy atom. The van der Waals surface area contributed by atoms with Crippen molar-refractivity contribution < 1.29 is 9.53 Å². The van der Waals surface area contributed by atoms with E-state index in [2.05, 4.69) is 5.10 Å². The van der Waals surface area contributed by atoms with E-state index >= 15 is 0 Å². The SMILES string of the molecule is CCc1cc(C(=O)N(CCCN)CCOC)n(C)n1. The lowest BCUT2D eigenvalue weighted by molar-refractivity contribution is 0.0684. The average molecular weight is 268 g/mol. The summed E-state index contributed by atoms with van der Waals surface area (Å²) in [6.45, 7) is 4.33. The normalized spacial score (nSPS) is 10.7. The zero-order chi connectivity index (χ0) is 14.3. The van der Waals surface area contributed by atoms with Crippen molar-refractivity contribution in [2.24, 2.45) is 12.8 Å². The van der Waals surface area contributed by atoms with Crippen LogP contribution < -0.4 is 5.73 Å². The predicted octanol–water partition coefficient (Wildman–Crippen LogP) is 0.420. The Hall–Kier alpha value is -1.40. The number of ether oxygens (including phenoxy) is 1. The van der Waals surface area contributed by atoms with Gasteiger partial charge in [-0.15, -0.1) is 0 Å². The van der Waals surface area contributed by atoms with Gasteiger partial charge in [-0.05, 0) is 25.5 Å². The summed E-state index contributed by atoms with van der Waals surface area (Å²) >= 11 is 0. The third kappa shape index (κ3) is 4.33. The molecule has 6 nitrogen and oxygen atoms in total. The van der Waals surface area contributed by atoms with Crippen LogP contribution in [0.2, 0.25) is 0 Å². The zero-order valence-corrected chi connectivity index (χ0v) is 12.1. The molecule has 0 fully saturated rings. The fourth-order valence-electron chi connectivity index (χ4n) is 1.86. The molecule has 1 aromatic rings. The van der Waals surface area contributed by atoms with Crippen LogP contribution in [0.25, 0.3) is 0 Å². The van der Waals surface area contributed by atoms with Gasteiger partial charge in [-0.3, -0.25) is 9.48 Å². The van der Waals surface area contributed by atoms with E-state index in [9.17, 15) is 4.79 Å². The molecule has 0 unspecified atom stereocenters. The number of amides is 1. The van der Waals surface area contributed by atoms with Crippen LogP contribution in [0, 0.1) is 0 Å². The molecule has 0 saturated carbocycles. The molecule has 1 heterocycles. The van der Waals surface area contributed by atoms with E-state index in [0.717, 1.165) is 18.5 Å². The Bertz CT molecular complexity index is 395. The topological polar surface area (TPSA) is 73.4 Å². The Morgan fingerprint density at radius 3 is 2.79 bits per heavy atom. The Labute approximate surface area is 114 Å². The number of hydrogen-bond acceptors (Lipinski definition) is 4. The second-order valence-corrected chi connectivity index (χ2v) is 4.43. The summed E-state index contributed by atoms with van der Waals surface area (Å²) in [6, 6.07) is 1.85. The highest BCUT2D eigenvalue weighted by Gasteiger charge is 2.19. The van der Waals surface area contributed by atoms with E-state index in [4.69, 9.17) is 10.5 Å². The quantitative estimate of drug-likeness (QED) is 0.741. The van der Waals surface area contributed by atoms with Crippen LogP contribution in [0.4, 0.5) is 0 Å². The van der Waals surface area contributed by atoms with Crippen molar-refractivity contribution in [1.29, 1.82) is 0 Å². The maximum absolute atomic E-state index is 12.5. The van der Waals surface area contributed by atoms with Crippen molar-refractivity contribution in [3.8, 4) is 0 Å². The van der Waals surface area contributed by atoms with Crippen LogP contribution in [-0.2, 0) is 18.2 Å². The lowest BCUT2D eigenvalue weighted by Crippen LogP contribution is -2.36. The van der Waals surface area contributed by atoms with Gasteiger partial charge >= 0.3 is 0 Å². The van der Waals surface area contributed by atoms with E-state index in [1.54, 1.807) is 23.7 Å². The van der Waals surface area contributed by atoms with E-state index in [1.807, 2.05) is 13.0 Å². The third-order valence-corrected chi connectivity index (χ3v) is 3.00. The van der Waals surface area contributed by atoms with E-state index in [1.165, 1.54) is 0 Å². The molecule has 0 aliphatic heterocycles. The lowest BCUT2D eigenvalue weighted by Gasteiger charge is -2.22. The van der Waals surface area contributed by atoms with Gasteiger partial charge in [0, 0.05) is 27.2 Å². The smallest absolute Gasteiger partial charge is 0.272 e. The maximum Gasteiger partial charge on any atom is 0.272 e. The number of nitrogens with zero attached hydrogens (tertiary/aromatic N) is 3. The largest absolute Gasteiger partial charge is 0.383 e. The summed E-state index contributed by atoms with van der Waals surface area (Å²) in [7, 11) is 3.43. The predicted molar refractivity (Wildman–Crippen MR) is 74.0 cm³/mol. The summed E-state index contributed by atoms with van der Waals surface area (Å²) < 4.78 is 6.69. The molecular formula is C13H24N4O2. The van der Waals surface area contributed by atoms with Crippen molar-refractivity contribution in [3.05, 3.63) is 17.5 Å². The lowest BCUT2D eigenvalue weighted by atomic mass is 10.2. The molecule has 108 valence electrons. The first kappa shape index (κ1) is 15.7. The number of methoxy groups -OCH3 is 1. The molecule has 1 amide bonds. The molecule has 0 aliphatic carbocycles.